The fourth-order valence-corrected chi connectivity index (χ4v) is 3.25. The maximum atomic E-state index is 12.5. The van der Waals surface area contributed by atoms with Crippen LogP contribution in [0.25, 0.3) is 0 Å². The van der Waals surface area contributed by atoms with Crippen LogP contribution in [0, 0.1) is 0 Å². The van der Waals surface area contributed by atoms with Crippen LogP contribution in [0.5, 0.6) is 0 Å². The third kappa shape index (κ3) is 4.86. The standard InChI is InChI=1S/C18H20N2O2S/c1-13(21)19-15-9-11-16(12-10-15)23-17(18(22)20(2)3)14-7-5-4-6-8-14/h4-12,17H,1-3H3,(H,19,21)/t17-/m1/s1. The molecule has 0 bridgehead atoms. The molecule has 2 aromatic carbocycles. The van der Waals surface area contributed by atoms with Crippen molar-refractivity contribution in [2.45, 2.75) is 17.1 Å². The fourth-order valence-electron chi connectivity index (χ4n) is 2.08. The largest absolute Gasteiger partial charge is 0.348 e. The van der Waals surface area contributed by atoms with Crippen molar-refractivity contribution in [2.24, 2.45) is 0 Å². The van der Waals surface area contributed by atoms with Crippen LogP contribution in [-0.2, 0) is 9.59 Å². The molecule has 0 unspecified atom stereocenters. The Balaban J connectivity index is 2.21. The van der Waals surface area contributed by atoms with Gasteiger partial charge in [-0.15, -0.1) is 11.8 Å². The molecule has 120 valence electrons. The Morgan fingerprint density at radius 1 is 1.00 bits per heavy atom. The van der Waals surface area contributed by atoms with E-state index in [2.05, 4.69) is 5.32 Å². The number of likely N-dealkylation sites (N-methyl/N-ethyl adjacent to an activating group) is 1. The molecule has 0 saturated heterocycles. The van der Waals surface area contributed by atoms with E-state index in [4.69, 9.17) is 0 Å². The Morgan fingerprint density at radius 2 is 1.61 bits per heavy atom. The maximum Gasteiger partial charge on any atom is 0.240 e. The summed E-state index contributed by atoms with van der Waals surface area (Å²) in [6, 6.07) is 17.2. The molecule has 0 fully saturated rings. The third-order valence-electron chi connectivity index (χ3n) is 3.20. The van der Waals surface area contributed by atoms with Gasteiger partial charge in [-0.2, -0.15) is 0 Å². The molecule has 0 aromatic heterocycles. The van der Waals surface area contributed by atoms with E-state index in [1.807, 2.05) is 54.6 Å². The number of anilines is 1. The second-order valence-electron chi connectivity index (χ2n) is 5.35. The molecule has 0 aliphatic carbocycles. The Morgan fingerprint density at radius 3 is 2.13 bits per heavy atom. The number of thioether (sulfide) groups is 1. The molecule has 0 saturated carbocycles. The van der Waals surface area contributed by atoms with Crippen LogP contribution in [0.2, 0.25) is 0 Å². The number of nitrogens with zero attached hydrogens (tertiary/aromatic N) is 1. The molecule has 23 heavy (non-hydrogen) atoms. The maximum absolute atomic E-state index is 12.5. The number of hydrogen-bond acceptors (Lipinski definition) is 3. The number of benzene rings is 2. The first-order valence-electron chi connectivity index (χ1n) is 7.28. The lowest BCUT2D eigenvalue weighted by Gasteiger charge is -2.20. The average molecular weight is 328 g/mol. The molecule has 0 radical (unpaired) electrons. The first kappa shape index (κ1) is 17.1. The van der Waals surface area contributed by atoms with Crippen molar-refractivity contribution in [1.82, 2.24) is 4.90 Å². The number of carbonyl (C=O) groups excluding carboxylic acids is 2. The molecule has 2 aromatic rings. The summed E-state index contributed by atoms with van der Waals surface area (Å²) in [5.74, 6) is -0.0533. The summed E-state index contributed by atoms with van der Waals surface area (Å²) in [5, 5.41) is 2.44. The van der Waals surface area contributed by atoms with Crippen molar-refractivity contribution in [3.05, 3.63) is 60.2 Å². The van der Waals surface area contributed by atoms with Crippen LogP contribution < -0.4 is 5.32 Å². The Kier molecular flexibility index (Phi) is 5.82. The van der Waals surface area contributed by atoms with Crippen LogP contribution in [0.4, 0.5) is 5.69 Å². The Hall–Kier alpha value is -2.27. The van der Waals surface area contributed by atoms with E-state index < -0.39 is 0 Å². The monoisotopic (exact) mass is 328 g/mol. The molecule has 5 heteroatoms. The fraction of sp³-hybridized carbons (Fsp3) is 0.222. The van der Waals surface area contributed by atoms with Gasteiger partial charge in [0.25, 0.3) is 0 Å². The molecular weight excluding hydrogens is 308 g/mol. The van der Waals surface area contributed by atoms with Gasteiger partial charge >= 0.3 is 0 Å². The highest BCUT2D eigenvalue weighted by molar-refractivity contribution is 8.00. The van der Waals surface area contributed by atoms with E-state index in [0.29, 0.717) is 0 Å². The zero-order valence-electron chi connectivity index (χ0n) is 13.4. The number of nitrogens with one attached hydrogen (secondary N) is 1. The summed E-state index contributed by atoms with van der Waals surface area (Å²) in [7, 11) is 3.53. The van der Waals surface area contributed by atoms with Crippen LogP contribution in [0.1, 0.15) is 17.7 Å². The van der Waals surface area contributed by atoms with Gasteiger partial charge < -0.3 is 10.2 Å². The minimum absolute atomic E-state index is 0.0483. The number of rotatable bonds is 5. The third-order valence-corrected chi connectivity index (χ3v) is 4.45. The Bertz CT molecular complexity index is 669. The Labute approximate surface area is 140 Å². The molecule has 2 amide bonds. The van der Waals surface area contributed by atoms with Crippen LogP contribution in [0.15, 0.2) is 59.5 Å². The lowest BCUT2D eigenvalue weighted by molar-refractivity contribution is -0.128. The predicted molar refractivity (Wildman–Crippen MR) is 94.5 cm³/mol. The highest BCUT2D eigenvalue weighted by Gasteiger charge is 2.23. The summed E-state index contributed by atoms with van der Waals surface area (Å²) in [6.07, 6.45) is 0. The first-order chi connectivity index (χ1) is 11.0. The lowest BCUT2D eigenvalue weighted by Crippen LogP contribution is -2.26. The molecule has 0 heterocycles. The summed E-state index contributed by atoms with van der Waals surface area (Å²) >= 11 is 1.50. The van der Waals surface area contributed by atoms with E-state index in [0.717, 1.165) is 16.1 Å². The second-order valence-corrected chi connectivity index (χ2v) is 6.53. The minimum Gasteiger partial charge on any atom is -0.348 e. The highest BCUT2D eigenvalue weighted by atomic mass is 32.2. The minimum atomic E-state index is -0.294. The summed E-state index contributed by atoms with van der Waals surface area (Å²) in [6.45, 7) is 1.48. The highest BCUT2D eigenvalue weighted by Crippen LogP contribution is 2.36. The SMILES string of the molecule is CC(=O)Nc1ccc(S[C@@H](C(=O)N(C)C)c2ccccc2)cc1. The van der Waals surface area contributed by atoms with Crippen molar-refractivity contribution in [2.75, 3.05) is 19.4 Å². The van der Waals surface area contributed by atoms with Gasteiger partial charge in [0, 0.05) is 31.6 Å². The van der Waals surface area contributed by atoms with Crippen LogP contribution in [0.3, 0.4) is 0 Å². The van der Waals surface area contributed by atoms with Gasteiger partial charge in [-0.3, -0.25) is 9.59 Å². The molecular formula is C18H20N2O2S. The molecule has 0 aliphatic rings. The van der Waals surface area contributed by atoms with E-state index in [9.17, 15) is 9.59 Å². The average Bonchev–Trinajstić information content (AvgIpc) is 2.53. The summed E-state index contributed by atoms with van der Waals surface area (Å²) in [5.41, 5.74) is 1.72. The summed E-state index contributed by atoms with van der Waals surface area (Å²) < 4.78 is 0. The quantitative estimate of drug-likeness (QED) is 0.854. The molecule has 0 spiro atoms. The van der Waals surface area contributed by atoms with Gasteiger partial charge in [-0.25, -0.2) is 0 Å². The van der Waals surface area contributed by atoms with E-state index in [-0.39, 0.29) is 17.1 Å². The van der Waals surface area contributed by atoms with Crippen molar-refractivity contribution in [1.29, 1.82) is 0 Å². The normalized spacial score (nSPS) is 11.6. The number of carbonyl (C=O) groups is 2. The molecule has 4 nitrogen and oxygen atoms in total. The zero-order chi connectivity index (χ0) is 16.8. The van der Waals surface area contributed by atoms with Gasteiger partial charge in [0.1, 0.15) is 5.25 Å². The van der Waals surface area contributed by atoms with Gasteiger partial charge in [0.2, 0.25) is 11.8 Å². The molecule has 0 aliphatic heterocycles. The van der Waals surface area contributed by atoms with Crippen LogP contribution >= 0.6 is 11.8 Å². The van der Waals surface area contributed by atoms with Crippen molar-refractivity contribution in [3.63, 3.8) is 0 Å². The van der Waals surface area contributed by atoms with Gasteiger partial charge in [-0.05, 0) is 29.8 Å². The zero-order valence-corrected chi connectivity index (χ0v) is 14.3. The lowest BCUT2D eigenvalue weighted by atomic mass is 10.1. The van der Waals surface area contributed by atoms with Crippen molar-refractivity contribution < 1.29 is 9.59 Å². The molecule has 1 atom stereocenters. The van der Waals surface area contributed by atoms with Gasteiger partial charge in [0.05, 0.1) is 0 Å². The second kappa shape index (κ2) is 7.83. The molecule has 2 rings (SSSR count). The topological polar surface area (TPSA) is 49.4 Å². The van der Waals surface area contributed by atoms with E-state index in [1.165, 1.54) is 18.7 Å². The van der Waals surface area contributed by atoms with E-state index in [1.54, 1.807) is 19.0 Å². The molecule has 1 N–H and O–H groups in total. The van der Waals surface area contributed by atoms with Crippen LogP contribution in [-0.4, -0.2) is 30.8 Å². The number of amides is 2. The first-order valence-corrected chi connectivity index (χ1v) is 8.16. The van der Waals surface area contributed by atoms with Crippen molar-refractivity contribution in [3.8, 4) is 0 Å². The van der Waals surface area contributed by atoms with E-state index >= 15 is 0 Å². The predicted octanol–water partition coefficient (Wildman–Crippen LogP) is 3.57. The smallest absolute Gasteiger partial charge is 0.240 e. The summed E-state index contributed by atoms with van der Waals surface area (Å²) in [4.78, 5) is 26.1. The van der Waals surface area contributed by atoms with Gasteiger partial charge in [-0.1, -0.05) is 30.3 Å². The van der Waals surface area contributed by atoms with Crippen molar-refractivity contribution >= 4 is 29.3 Å². The number of hydrogen-bond donors (Lipinski definition) is 1. The van der Waals surface area contributed by atoms with Gasteiger partial charge in [0.15, 0.2) is 0 Å².